The van der Waals surface area contributed by atoms with Crippen molar-refractivity contribution in [3.05, 3.63) is 0 Å². The van der Waals surface area contributed by atoms with Crippen molar-refractivity contribution >= 4 is 5.78 Å². The molecule has 1 N–H and O–H groups in total. The first-order valence-electron chi connectivity index (χ1n) is 3.95. The summed E-state index contributed by atoms with van der Waals surface area (Å²) in [5.41, 5.74) is 0. The molecule has 0 heterocycles. The zero-order chi connectivity index (χ0) is 7.98. The van der Waals surface area contributed by atoms with E-state index >= 15 is 0 Å². The normalized spacial score (nSPS) is 13.1. The van der Waals surface area contributed by atoms with Crippen LogP contribution in [-0.4, -0.2) is 18.4 Å². The van der Waals surface area contributed by atoms with Crippen LogP contribution in [0, 0.1) is 0 Å². The molecule has 2 nitrogen and oxygen atoms in total. The fourth-order valence-corrected chi connectivity index (χ4v) is 0.557. The highest BCUT2D eigenvalue weighted by atomic mass is 16.1. The molecule has 0 fully saturated rings. The standard InChI is InChI=1S/C8H17NO.H2/c1-4-7(3)9-6-8(10)5-2;/h7,9H,4-6H2,1-3H3;1H. The highest BCUT2D eigenvalue weighted by Crippen LogP contribution is 1.87. The van der Waals surface area contributed by atoms with Crippen LogP contribution in [0.15, 0.2) is 0 Å². The third kappa shape index (κ3) is 4.50. The minimum Gasteiger partial charge on any atom is -0.308 e. The Labute approximate surface area is 64.5 Å². The lowest BCUT2D eigenvalue weighted by Crippen LogP contribution is -2.30. The van der Waals surface area contributed by atoms with Crippen molar-refractivity contribution in [2.45, 2.75) is 39.7 Å². The molecule has 1 atom stereocenters. The Morgan fingerprint density at radius 2 is 2.20 bits per heavy atom. The molecule has 0 spiro atoms. The molecule has 0 aromatic heterocycles. The van der Waals surface area contributed by atoms with E-state index in [0.29, 0.717) is 24.8 Å². The summed E-state index contributed by atoms with van der Waals surface area (Å²) in [6, 6.07) is 0.468. The maximum absolute atomic E-state index is 10.8. The predicted octanol–water partition coefficient (Wildman–Crippen LogP) is 1.60. The van der Waals surface area contributed by atoms with Gasteiger partial charge in [0, 0.05) is 13.9 Å². The highest BCUT2D eigenvalue weighted by Gasteiger charge is 2.00. The smallest absolute Gasteiger partial charge is 0.146 e. The fraction of sp³-hybridized carbons (Fsp3) is 0.875. The minimum atomic E-state index is 0. The SMILES string of the molecule is CCC(=O)CNC(C)CC.[HH]. The van der Waals surface area contributed by atoms with E-state index in [1.54, 1.807) is 0 Å². The van der Waals surface area contributed by atoms with Gasteiger partial charge in [-0.2, -0.15) is 0 Å². The van der Waals surface area contributed by atoms with Crippen LogP contribution in [-0.2, 0) is 4.79 Å². The van der Waals surface area contributed by atoms with Gasteiger partial charge < -0.3 is 5.32 Å². The van der Waals surface area contributed by atoms with Gasteiger partial charge in [0.15, 0.2) is 0 Å². The Kier molecular flexibility index (Phi) is 5.22. The summed E-state index contributed by atoms with van der Waals surface area (Å²) >= 11 is 0. The Morgan fingerprint density at radius 1 is 1.60 bits per heavy atom. The third-order valence-electron chi connectivity index (χ3n) is 1.65. The van der Waals surface area contributed by atoms with Gasteiger partial charge in [-0.3, -0.25) is 4.79 Å². The molecule has 0 aromatic rings. The first kappa shape index (κ1) is 9.63. The maximum Gasteiger partial charge on any atom is 0.146 e. The van der Waals surface area contributed by atoms with Crippen molar-refractivity contribution in [2.75, 3.05) is 6.54 Å². The molecule has 1 unspecified atom stereocenters. The van der Waals surface area contributed by atoms with Crippen LogP contribution < -0.4 is 5.32 Å². The molecule has 62 valence electrons. The molecule has 0 aliphatic heterocycles. The van der Waals surface area contributed by atoms with E-state index in [0.717, 1.165) is 6.42 Å². The largest absolute Gasteiger partial charge is 0.308 e. The van der Waals surface area contributed by atoms with Crippen LogP contribution in [0.3, 0.4) is 0 Å². The van der Waals surface area contributed by atoms with Crippen molar-refractivity contribution in [3.8, 4) is 0 Å². The fourth-order valence-electron chi connectivity index (χ4n) is 0.557. The number of carbonyl (C=O) groups is 1. The number of carbonyl (C=O) groups excluding carboxylic acids is 1. The lowest BCUT2D eigenvalue weighted by Gasteiger charge is -2.08. The first-order valence-corrected chi connectivity index (χ1v) is 3.95. The lowest BCUT2D eigenvalue weighted by atomic mass is 10.2. The van der Waals surface area contributed by atoms with Gasteiger partial charge in [-0.15, -0.1) is 0 Å². The number of hydrogen-bond donors (Lipinski definition) is 1. The summed E-state index contributed by atoms with van der Waals surface area (Å²) in [6.07, 6.45) is 1.72. The van der Waals surface area contributed by atoms with E-state index < -0.39 is 0 Å². The van der Waals surface area contributed by atoms with Gasteiger partial charge in [-0.25, -0.2) is 0 Å². The Balaban J connectivity index is 0. The average molecular weight is 145 g/mol. The van der Waals surface area contributed by atoms with Gasteiger partial charge in [0.1, 0.15) is 5.78 Å². The van der Waals surface area contributed by atoms with Crippen molar-refractivity contribution in [2.24, 2.45) is 0 Å². The third-order valence-corrected chi connectivity index (χ3v) is 1.65. The molecule has 0 rings (SSSR count). The molecule has 0 aliphatic carbocycles. The van der Waals surface area contributed by atoms with E-state index in [1.807, 2.05) is 6.92 Å². The lowest BCUT2D eigenvalue weighted by molar-refractivity contribution is -0.118. The highest BCUT2D eigenvalue weighted by molar-refractivity contribution is 5.80. The average Bonchev–Trinajstić information content (AvgIpc) is 1.99. The Hall–Kier alpha value is -0.370. The van der Waals surface area contributed by atoms with Crippen molar-refractivity contribution in [1.29, 1.82) is 0 Å². The van der Waals surface area contributed by atoms with Gasteiger partial charge in [-0.1, -0.05) is 13.8 Å². The van der Waals surface area contributed by atoms with Crippen LogP contribution in [0.5, 0.6) is 0 Å². The quantitative estimate of drug-likeness (QED) is 0.636. The molecule has 0 bridgehead atoms. The molecule has 2 heteroatoms. The molecular weight excluding hydrogens is 126 g/mol. The molecule has 0 saturated heterocycles. The van der Waals surface area contributed by atoms with Crippen LogP contribution in [0.4, 0.5) is 0 Å². The van der Waals surface area contributed by atoms with Crippen LogP contribution in [0.1, 0.15) is 35.0 Å². The van der Waals surface area contributed by atoms with Crippen molar-refractivity contribution < 1.29 is 6.22 Å². The van der Waals surface area contributed by atoms with E-state index in [-0.39, 0.29) is 1.43 Å². The number of hydrogen-bond acceptors (Lipinski definition) is 2. The monoisotopic (exact) mass is 145 g/mol. The van der Waals surface area contributed by atoms with Gasteiger partial charge in [0.05, 0.1) is 6.54 Å². The van der Waals surface area contributed by atoms with Crippen LogP contribution >= 0.6 is 0 Å². The van der Waals surface area contributed by atoms with Gasteiger partial charge >= 0.3 is 0 Å². The predicted molar refractivity (Wildman–Crippen MR) is 45.2 cm³/mol. The summed E-state index contributed by atoms with van der Waals surface area (Å²) < 4.78 is 0. The van der Waals surface area contributed by atoms with E-state index in [2.05, 4.69) is 19.2 Å². The summed E-state index contributed by atoms with van der Waals surface area (Å²) in [7, 11) is 0. The second-order valence-electron chi connectivity index (χ2n) is 2.58. The second-order valence-corrected chi connectivity index (χ2v) is 2.58. The maximum atomic E-state index is 10.8. The zero-order valence-corrected chi connectivity index (χ0v) is 7.11. The Morgan fingerprint density at radius 3 is 2.60 bits per heavy atom. The summed E-state index contributed by atoms with van der Waals surface area (Å²) in [6.45, 7) is 6.61. The number of rotatable bonds is 5. The number of nitrogens with one attached hydrogen (secondary N) is 1. The van der Waals surface area contributed by atoms with E-state index in [4.69, 9.17) is 0 Å². The molecule has 10 heavy (non-hydrogen) atoms. The Bertz CT molecular complexity index is 106. The molecule has 0 saturated carbocycles. The molecule has 0 radical (unpaired) electrons. The van der Waals surface area contributed by atoms with E-state index in [9.17, 15) is 4.79 Å². The molecule has 0 aliphatic rings. The van der Waals surface area contributed by atoms with Crippen molar-refractivity contribution in [3.63, 3.8) is 0 Å². The van der Waals surface area contributed by atoms with Crippen LogP contribution in [0.2, 0.25) is 0 Å². The topological polar surface area (TPSA) is 29.1 Å². The molecular formula is C8H19NO. The number of ketones is 1. The van der Waals surface area contributed by atoms with Crippen LogP contribution in [0.25, 0.3) is 0 Å². The minimum absolute atomic E-state index is 0. The van der Waals surface area contributed by atoms with Gasteiger partial charge in [0.25, 0.3) is 0 Å². The van der Waals surface area contributed by atoms with Crippen molar-refractivity contribution in [1.82, 2.24) is 5.32 Å². The second kappa shape index (κ2) is 5.42. The molecule has 0 amide bonds. The summed E-state index contributed by atoms with van der Waals surface area (Å²) in [4.78, 5) is 10.8. The molecule has 0 aromatic carbocycles. The van der Waals surface area contributed by atoms with E-state index in [1.165, 1.54) is 0 Å². The first-order chi connectivity index (χ1) is 4.70. The van der Waals surface area contributed by atoms with Gasteiger partial charge in [0.2, 0.25) is 0 Å². The van der Waals surface area contributed by atoms with Gasteiger partial charge in [-0.05, 0) is 13.3 Å². The summed E-state index contributed by atoms with van der Waals surface area (Å²) in [5, 5.41) is 3.13. The zero-order valence-electron chi connectivity index (χ0n) is 7.11. The summed E-state index contributed by atoms with van der Waals surface area (Å²) in [5.74, 6) is 0.292. The number of Topliss-reactive ketones (excluding diaryl/α,β-unsaturated/α-hetero) is 1.